The van der Waals surface area contributed by atoms with Crippen LogP contribution in [0.3, 0.4) is 0 Å². The Bertz CT molecular complexity index is 445. The maximum atomic E-state index is 12.1. The molecule has 0 aromatic heterocycles. The average molecular weight is 249 g/mol. The Morgan fingerprint density at radius 1 is 1.56 bits per heavy atom. The lowest BCUT2D eigenvalue weighted by Gasteiger charge is -2.16. The molecule has 98 valence electrons. The van der Waals surface area contributed by atoms with Crippen molar-refractivity contribution in [2.24, 2.45) is 0 Å². The number of carbonyl (C=O) groups excluding carboxylic acids is 1. The molecule has 0 bridgehead atoms. The lowest BCUT2D eigenvalue weighted by atomic mass is 10.1. The normalized spacial score (nSPS) is 19.1. The lowest BCUT2D eigenvalue weighted by Crippen LogP contribution is -2.30. The molecule has 0 unspecified atom stereocenters. The van der Waals surface area contributed by atoms with Crippen molar-refractivity contribution in [2.75, 3.05) is 20.2 Å². The number of carbonyl (C=O) groups is 1. The lowest BCUT2D eigenvalue weighted by molar-refractivity contribution is -0.129. The number of nitrogens with zero attached hydrogens (tertiary/aromatic N) is 1. The number of methoxy groups -OCH3 is 1. The van der Waals surface area contributed by atoms with Crippen molar-refractivity contribution in [3.05, 3.63) is 29.3 Å². The predicted molar refractivity (Wildman–Crippen MR) is 68.6 cm³/mol. The van der Waals surface area contributed by atoms with E-state index < -0.39 is 0 Å². The van der Waals surface area contributed by atoms with Crippen LogP contribution >= 0.6 is 0 Å². The summed E-state index contributed by atoms with van der Waals surface area (Å²) in [6.07, 6.45) is 0.641. The first-order valence-electron chi connectivity index (χ1n) is 6.19. The summed E-state index contributed by atoms with van der Waals surface area (Å²) in [6, 6.07) is 5.83. The highest BCUT2D eigenvalue weighted by atomic mass is 16.5. The van der Waals surface area contributed by atoms with E-state index in [1.54, 1.807) is 12.0 Å². The van der Waals surface area contributed by atoms with Gasteiger partial charge in [0.1, 0.15) is 5.75 Å². The van der Waals surface area contributed by atoms with Gasteiger partial charge in [-0.25, -0.2) is 0 Å². The third-order valence-corrected chi connectivity index (χ3v) is 3.29. The van der Waals surface area contributed by atoms with Gasteiger partial charge in [0.25, 0.3) is 0 Å². The summed E-state index contributed by atoms with van der Waals surface area (Å²) in [6.45, 7) is 3.09. The van der Waals surface area contributed by atoms with Gasteiger partial charge in [-0.2, -0.15) is 0 Å². The molecule has 1 aromatic carbocycles. The van der Waals surface area contributed by atoms with Crippen LogP contribution in [0.15, 0.2) is 18.2 Å². The maximum Gasteiger partial charge on any atom is 0.227 e. The number of likely N-dealkylation sites (tertiary alicyclic amines) is 1. The zero-order valence-electron chi connectivity index (χ0n) is 10.8. The Morgan fingerprint density at radius 2 is 2.33 bits per heavy atom. The van der Waals surface area contributed by atoms with Crippen molar-refractivity contribution in [3.8, 4) is 5.75 Å². The molecule has 1 aliphatic heterocycles. The molecule has 0 radical (unpaired) electrons. The van der Waals surface area contributed by atoms with E-state index in [1.165, 1.54) is 0 Å². The van der Waals surface area contributed by atoms with Crippen LogP contribution in [0.5, 0.6) is 5.75 Å². The minimum atomic E-state index is -0.367. The van der Waals surface area contributed by atoms with Gasteiger partial charge < -0.3 is 14.7 Å². The Balaban J connectivity index is 2.09. The molecule has 0 spiro atoms. The van der Waals surface area contributed by atoms with Crippen molar-refractivity contribution in [2.45, 2.75) is 25.9 Å². The number of aliphatic hydroxyl groups excluding tert-OH is 1. The molecule has 1 heterocycles. The summed E-state index contributed by atoms with van der Waals surface area (Å²) in [7, 11) is 1.61. The van der Waals surface area contributed by atoms with Crippen LogP contribution in [0.4, 0.5) is 0 Å². The Labute approximate surface area is 107 Å². The molecule has 1 N–H and O–H groups in total. The highest BCUT2D eigenvalue weighted by molar-refractivity contribution is 5.80. The molecular formula is C14H19NO3. The number of rotatable bonds is 3. The molecule has 1 aromatic rings. The molecule has 1 saturated heterocycles. The fourth-order valence-corrected chi connectivity index (χ4v) is 2.29. The van der Waals surface area contributed by atoms with Crippen molar-refractivity contribution >= 4 is 5.91 Å². The van der Waals surface area contributed by atoms with E-state index >= 15 is 0 Å². The fourth-order valence-electron chi connectivity index (χ4n) is 2.29. The number of amides is 1. The summed E-state index contributed by atoms with van der Waals surface area (Å²) in [5.41, 5.74) is 2.02. The largest absolute Gasteiger partial charge is 0.496 e. The van der Waals surface area contributed by atoms with E-state index in [9.17, 15) is 9.90 Å². The second kappa shape index (κ2) is 5.40. The molecule has 1 aliphatic rings. The zero-order chi connectivity index (χ0) is 13.1. The van der Waals surface area contributed by atoms with Gasteiger partial charge in [-0.15, -0.1) is 0 Å². The summed E-state index contributed by atoms with van der Waals surface area (Å²) in [5.74, 6) is 0.796. The minimum Gasteiger partial charge on any atom is -0.496 e. The van der Waals surface area contributed by atoms with Crippen LogP contribution in [-0.4, -0.2) is 42.2 Å². The monoisotopic (exact) mass is 249 g/mol. The van der Waals surface area contributed by atoms with Crippen LogP contribution in [0.2, 0.25) is 0 Å². The molecule has 18 heavy (non-hydrogen) atoms. The Hall–Kier alpha value is -1.55. The summed E-state index contributed by atoms with van der Waals surface area (Å²) in [5, 5.41) is 9.44. The molecule has 2 rings (SSSR count). The smallest absolute Gasteiger partial charge is 0.227 e. The average Bonchev–Trinajstić information content (AvgIpc) is 2.76. The van der Waals surface area contributed by atoms with Crippen LogP contribution in [0.1, 0.15) is 17.5 Å². The van der Waals surface area contributed by atoms with Crippen molar-refractivity contribution < 1.29 is 14.6 Å². The summed E-state index contributed by atoms with van der Waals surface area (Å²) >= 11 is 0. The number of hydrogen-bond acceptors (Lipinski definition) is 3. The van der Waals surface area contributed by atoms with Gasteiger partial charge in [-0.3, -0.25) is 4.79 Å². The second-order valence-corrected chi connectivity index (χ2v) is 4.77. The van der Waals surface area contributed by atoms with Crippen LogP contribution < -0.4 is 4.74 Å². The van der Waals surface area contributed by atoms with Crippen LogP contribution in [-0.2, 0) is 11.2 Å². The van der Waals surface area contributed by atoms with Gasteiger partial charge in [0.2, 0.25) is 5.91 Å². The molecule has 1 atom stereocenters. The Kier molecular flexibility index (Phi) is 3.87. The zero-order valence-corrected chi connectivity index (χ0v) is 10.8. The van der Waals surface area contributed by atoms with Crippen LogP contribution in [0.25, 0.3) is 0 Å². The van der Waals surface area contributed by atoms with E-state index in [0.717, 1.165) is 16.9 Å². The van der Waals surface area contributed by atoms with E-state index in [-0.39, 0.29) is 12.0 Å². The highest BCUT2D eigenvalue weighted by Crippen LogP contribution is 2.21. The summed E-state index contributed by atoms with van der Waals surface area (Å²) in [4.78, 5) is 13.8. The summed E-state index contributed by atoms with van der Waals surface area (Å²) < 4.78 is 5.26. The number of hydrogen-bond donors (Lipinski definition) is 1. The predicted octanol–water partition coefficient (Wildman–Crippen LogP) is 1.14. The van der Waals surface area contributed by atoms with Gasteiger partial charge in [0.15, 0.2) is 0 Å². The molecule has 0 aliphatic carbocycles. The molecule has 4 heteroatoms. The topological polar surface area (TPSA) is 49.8 Å². The van der Waals surface area contributed by atoms with E-state index in [1.807, 2.05) is 25.1 Å². The van der Waals surface area contributed by atoms with Crippen molar-refractivity contribution in [1.82, 2.24) is 4.90 Å². The van der Waals surface area contributed by atoms with Gasteiger partial charge in [-0.1, -0.05) is 17.7 Å². The molecule has 0 saturated carbocycles. The van der Waals surface area contributed by atoms with Gasteiger partial charge >= 0.3 is 0 Å². The molecular weight excluding hydrogens is 230 g/mol. The first-order chi connectivity index (χ1) is 8.60. The van der Waals surface area contributed by atoms with Gasteiger partial charge in [-0.05, 0) is 19.4 Å². The number of aryl methyl sites for hydroxylation is 1. The van der Waals surface area contributed by atoms with Gasteiger partial charge in [0.05, 0.1) is 19.6 Å². The minimum absolute atomic E-state index is 0.0513. The van der Waals surface area contributed by atoms with Crippen molar-refractivity contribution in [3.63, 3.8) is 0 Å². The third kappa shape index (κ3) is 2.82. The molecule has 4 nitrogen and oxygen atoms in total. The van der Waals surface area contributed by atoms with Gasteiger partial charge in [0, 0.05) is 18.7 Å². The SMILES string of the molecule is COc1ccc(C)cc1CC(=O)N1CC[C@H](O)C1. The standard InChI is InChI=1S/C14H19NO3/c1-10-3-4-13(18-2)11(7-10)8-14(17)15-6-5-12(16)9-15/h3-4,7,12,16H,5-6,8-9H2,1-2H3/t12-/m0/s1. The highest BCUT2D eigenvalue weighted by Gasteiger charge is 2.25. The van der Waals surface area contributed by atoms with E-state index in [4.69, 9.17) is 4.74 Å². The first-order valence-corrected chi connectivity index (χ1v) is 6.19. The van der Waals surface area contributed by atoms with E-state index in [2.05, 4.69) is 0 Å². The quantitative estimate of drug-likeness (QED) is 0.874. The number of benzene rings is 1. The third-order valence-electron chi connectivity index (χ3n) is 3.29. The molecule has 1 fully saturated rings. The van der Waals surface area contributed by atoms with Crippen LogP contribution in [0, 0.1) is 6.92 Å². The number of aliphatic hydroxyl groups is 1. The Morgan fingerprint density at radius 3 is 2.94 bits per heavy atom. The van der Waals surface area contributed by atoms with E-state index in [0.29, 0.717) is 25.9 Å². The molecule has 1 amide bonds. The van der Waals surface area contributed by atoms with Crippen molar-refractivity contribution in [1.29, 1.82) is 0 Å². The number of β-amino-alcohol motifs (C(OH)–C–C–N with tert-alkyl or cyclic N) is 1. The fraction of sp³-hybridized carbons (Fsp3) is 0.500. The number of ether oxygens (including phenoxy) is 1. The first kappa shape index (κ1) is 12.9. The maximum absolute atomic E-state index is 12.1. The second-order valence-electron chi connectivity index (χ2n) is 4.77.